The van der Waals surface area contributed by atoms with Crippen molar-refractivity contribution in [1.29, 1.82) is 0 Å². The number of nitrogens with one attached hydrogen (secondary N) is 1. The minimum absolute atomic E-state index is 0.0920. The molecule has 0 bridgehead atoms. The van der Waals surface area contributed by atoms with Crippen LogP contribution in [-0.4, -0.2) is 17.8 Å². The summed E-state index contributed by atoms with van der Waals surface area (Å²) in [5.41, 5.74) is 0. The van der Waals surface area contributed by atoms with Crippen LogP contribution in [0.25, 0.3) is 0 Å². The smallest absolute Gasteiger partial charge is 0.0223 e. The SMILES string of the molecule is CN[C@H](C)C(C)(C)S. The first-order valence-electron chi connectivity index (χ1n) is 2.88. The minimum atomic E-state index is 0.0920. The molecule has 1 nitrogen and oxygen atoms in total. The lowest BCUT2D eigenvalue weighted by Crippen LogP contribution is -2.38. The topological polar surface area (TPSA) is 12.0 Å². The van der Waals surface area contributed by atoms with Crippen LogP contribution in [0.1, 0.15) is 20.8 Å². The molecule has 0 spiro atoms. The third-order valence-electron chi connectivity index (χ3n) is 1.49. The van der Waals surface area contributed by atoms with E-state index in [1.807, 2.05) is 7.05 Å². The van der Waals surface area contributed by atoms with Gasteiger partial charge in [0.2, 0.25) is 0 Å². The number of hydrogen-bond acceptors (Lipinski definition) is 2. The molecule has 0 amide bonds. The van der Waals surface area contributed by atoms with Gasteiger partial charge in [-0.05, 0) is 27.8 Å². The highest BCUT2D eigenvalue weighted by Gasteiger charge is 2.18. The van der Waals surface area contributed by atoms with Crippen LogP contribution in [0.5, 0.6) is 0 Å². The fraction of sp³-hybridized carbons (Fsp3) is 1.00. The molecule has 1 atom stereocenters. The van der Waals surface area contributed by atoms with Gasteiger partial charge in [0.05, 0.1) is 0 Å². The monoisotopic (exact) mass is 133 g/mol. The van der Waals surface area contributed by atoms with Crippen molar-refractivity contribution in [3.8, 4) is 0 Å². The second-order valence-electron chi connectivity index (χ2n) is 2.66. The van der Waals surface area contributed by atoms with Crippen molar-refractivity contribution < 1.29 is 0 Å². The molecule has 0 rings (SSSR count). The van der Waals surface area contributed by atoms with Crippen LogP contribution in [0, 0.1) is 0 Å². The fourth-order valence-corrected chi connectivity index (χ4v) is 0.482. The zero-order valence-electron chi connectivity index (χ0n) is 6.02. The first-order chi connectivity index (χ1) is 3.48. The van der Waals surface area contributed by atoms with Crippen LogP contribution in [0.15, 0.2) is 0 Å². The maximum atomic E-state index is 4.37. The zero-order chi connectivity index (χ0) is 6.78. The average Bonchev–Trinajstić information content (AvgIpc) is 1.62. The van der Waals surface area contributed by atoms with Gasteiger partial charge in [-0.1, -0.05) is 0 Å². The molecule has 0 saturated heterocycles. The van der Waals surface area contributed by atoms with Crippen LogP contribution in [-0.2, 0) is 0 Å². The molecule has 1 N–H and O–H groups in total. The summed E-state index contributed by atoms with van der Waals surface area (Å²) >= 11 is 4.37. The molecule has 0 aliphatic carbocycles. The molecular weight excluding hydrogens is 118 g/mol. The lowest BCUT2D eigenvalue weighted by Gasteiger charge is -2.25. The van der Waals surface area contributed by atoms with Crippen molar-refractivity contribution in [2.24, 2.45) is 0 Å². The van der Waals surface area contributed by atoms with Gasteiger partial charge in [-0.25, -0.2) is 0 Å². The summed E-state index contributed by atoms with van der Waals surface area (Å²) in [6.45, 7) is 6.31. The lowest BCUT2D eigenvalue weighted by molar-refractivity contribution is 0.502. The van der Waals surface area contributed by atoms with Gasteiger partial charge in [0.1, 0.15) is 0 Å². The summed E-state index contributed by atoms with van der Waals surface area (Å²) in [6.07, 6.45) is 0. The maximum Gasteiger partial charge on any atom is 0.0223 e. The molecule has 2 heteroatoms. The zero-order valence-corrected chi connectivity index (χ0v) is 6.92. The average molecular weight is 133 g/mol. The molecule has 0 saturated carbocycles. The van der Waals surface area contributed by atoms with E-state index in [4.69, 9.17) is 0 Å². The van der Waals surface area contributed by atoms with Crippen molar-refractivity contribution in [2.45, 2.75) is 31.6 Å². The van der Waals surface area contributed by atoms with Crippen molar-refractivity contribution in [1.82, 2.24) is 5.32 Å². The predicted octanol–water partition coefficient (Wildman–Crippen LogP) is 1.30. The first kappa shape index (κ1) is 8.31. The van der Waals surface area contributed by atoms with Gasteiger partial charge >= 0.3 is 0 Å². The highest BCUT2D eigenvalue weighted by Crippen LogP contribution is 2.15. The number of thiol groups is 1. The van der Waals surface area contributed by atoms with Crippen LogP contribution >= 0.6 is 12.6 Å². The highest BCUT2D eigenvalue weighted by atomic mass is 32.1. The summed E-state index contributed by atoms with van der Waals surface area (Å²) in [4.78, 5) is 0. The van der Waals surface area contributed by atoms with E-state index in [0.29, 0.717) is 6.04 Å². The molecule has 8 heavy (non-hydrogen) atoms. The van der Waals surface area contributed by atoms with E-state index < -0.39 is 0 Å². The Labute approximate surface area is 57.3 Å². The Bertz CT molecular complexity index is 65.4. The highest BCUT2D eigenvalue weighted by molar-refractivity contribution is 7.81. The lowest BCUT2D eigenvalue weighted by atomic mass is 10.1. The largest absolute Gasteiger partial charge is 0.316 e. The van der Waals surface area contributed by atoms with E-state index in [-0.39, 0.29) is 4.75 Å². The normalized spacial score (nSPS) is 16.1. The molecule has 0 aromatic heterocycles. The van der Waals surface area contributed by atoms with Gasteiger partial charge in [-0.15, -0.1) is 0 Å². The van der Waals surface area contributed by atoms with Crippen molar-refractivity contribution in [2.75, 3.05) is 7.05 Å². The summed E-state index contributed by atoms with van der Waals surface area (Å²) in [6, 6.07) is 0.464. The van der Waals surface area contributed by atoms with Crippen LogP contribution < -0.4 is 5.32 Å². The maximum absolute atomic E-state index is 4.37. The van der Waals surface area contributed by atoms with Gasteiger partial charge in [-0.2, -0.15) is 12.6 Å². The van der Waals surface area contributed by atoms with E-state index in [2.05, 4.69) is 38.7 Å². The predicted molar refractivity (Wildman–Crippen MR) is 41.6 cm³/mol. The van der Waals surface area contributed by atoms with Crippen molar-refractivity contribution in [3.05, 3.63) is 0 Å². The Balaban J connectivity index is 3.62. The Hall–Kier alpha value is 0.310. The van der Waals surface area contributed by atoms with E-state index >= 15 is 0 Å². The van der Waals surface area contributed by atoms with Gasteiger partial charge in [0, 0.05) is 10.8 Å². The standard InChI is InChI=1S/C6H15NS/c1-5(7-4)6(2,3)8/h5,7-8H,1-4H3/t5-/m1/s1. The summed E-state index contributed by atoms with van der Waals surface area (Å²) in [5, 5.41) is 3.13. The molecule has 0 fully saturated rings. The Morgan fingerprint density at radius 3 is 1.88 bits per heavy atom. The number of hydrogen-bond donors (Lipinski definition) is 2. The van der Waals surface area contributed by atoms with Crippen LogP contribution in [0.2, 0.25) is 0 Å². The molecule has 0 aromatic rings. The van der Waals surface area contributed by atoms with E-state index in [0.717, 1.165) is 0 Å². The van der Waals surface area contributed by atoms with Gasteiger partial charge < -0.3 is 5.32 Å². The summed E-state index contributed by atoms with van der Waals surface area (Å²) < 4.78 is 0.0920. The van der Waals surface area contributed by atoms with Gasteiger partial charge in [0.25, 0.3) is 0 Å². The van der Waals surface area contributed by atoms with Gasteiger partial charge in [-0.3, -0.25) is 0 Å². The molecule has 0 heterocycles. The second-order valence-corrected chi connectivity index (χ2v) is 3.82. The second kappa shape index (κ2) is 2.74. The molecule has 0 aliphatic rings. The van der Waals surface area contributed by atoms with Gasteiger partial charge in [0.15, 0.2) is 0 Å². The number of rotatable bonds is 2. The van der Waals surface area contributed by atoms with Crippen molar-refractivity contribution >= 4 is 12.6 Å². The molecule has 0 unspecified atom stereocenters. The Kier molecular flexibility index (Phi) is 2.84. The summed E-state index contributed by atoms with van der Waals surface area (Å²) in [5.74, 6) is 0. The first-order valence-corrected chi connectivity index (χ1v) is 3.33. The molecule has 0 radical (unpaired) electrons. The quantitative estimate of drug-likeness (QED) is 0.541. The van der Waals surface area contributed by atoms with E-state index in [9.17, 15) is 0 Å². The fourth-order valence-electron chi connectivity index (χ4n) is 0.353. The third-order valence-corrected chi connectivity index (χ3v) is 1.88. The third kappa shape index (κ3) is 2.58. The van der Waals surface area contributed by atoms with Crippen molar-refractivity contribution in [3.63, 3.8) is 0 Å². The minimum Gasteiger partial charge on any atom is -0.316 e. The molecule has 0 aliphatic heterocycles. The van der Waals surface area contributed by atoms with E-state index in [1.165, 1.54) is 0 Å². The Morgan fingerprint density at radius 1 is 1.50 bits per heavy atom. The molecular formula is C6H15NS. The summed E-state index contributed by atoms with van der Waals surface area (Å²) in [7, 11) is 1.95. The van der Waals surface area contributed by atoms with E-state index in [1.54, 1.807) is 0 Å². The molecule has 50 valence electrons. The van der Waals surface area contributed by atoms with Crippen LogP contribution in [0.4, 0.5) is 0 Å². The Morgan fingerprint density at radius 2 is 1.88 bits per heavy atom. The van der Waals surface area contributed by atoms with Crippen LogP contribution in [0.3, 0.4) is 0 Å². The molecule has 0 aromatic carbocycles.